The quantitative estimate of drug-likeness (QED) is 0.331. The highest BCUT2D eigenvalue weighted by atomic mass is 16.3. The smallest absolute Gasteiger partial charge is 0.257 e. The van der Waals surface area contributed by atoms with Crippen molar-refractivity contribution < 1.29 is 14.7 Å². The van der Waals surface area contributed by atoms with Crippen molar-refractivity contribution in [3.05, 3.63) is 107 Å². The first-order valence-corrected chi connectivity index (χ1v) is 9.27. The molecule has 3 aromatic rings. The number of benzene rings is 3. The molecule has 3 rings (SSSR count). The van der Waals surface area contributed by atoms with Gasteiger partial charge in [-0.15, -0.1) is 0 Å². The first kappa shape index (κ1) is 19.9. The van der Waals surface area contributed by atoms with Crippen molar-refractivity contribution >= 4 is 17.9 Å². The van der Waals surface area contributed by atoms with Gasteiger partial charge in [-0.3, -0.25) is 9.59 Å². The van der Waals surface area contributed by atoms with E-state index in [2.05, 4.69) is 10.6 Å². The van der Waals surface area contributed by atoms with Gasteiger partial charge in [-0.25, -0.2) is 0 Å². The van der Waals surface area contributed by atoms with Gasteiger partial charge in [-0.05, 0) is 34.9 Å². The number of carbonyl (C=O) groups is 2. The normalized spacial score (nSPS) is 10.1. The molecule has 2 amide bonds. The van der Waals surface area contributed by atoms with Crippen LogP contribution < -0.4 is 10.6 Å². The lowest BCUT2D eigenvalue weighted by molar-refractivity contribution is -0.123. The van der Waals surface area contributed by atoms with Crippen molar-refractivity contribution in [1.29, 1.82) is 0 Å². The van der Waals surface area contributed by atoms with E-state index in [4.69, 9.17) is 0 Å². The fourth-order valence-corrected chi connectivity index (χ4v) is 2.76. The number of phenols is 1. The van der Waals surface area contributed by atoms with Crippen LogP contribution in [-0.4, -0.2) is 16.9 Å². The van der Waals surface area contributed by atoms with E-state index < -0.39 is 11.8 Å². The van der Waals surface area contributed by atoms with Gasteiger partial charge in [-0.1, -0.05) is 72.8 Å². The second-order valence-corrected chi connectivity index (χ2v) is 6.49. The van der Waals surface area contributed by atoms with Crippen LogP contribution in [0.5, 0.6) is 5.75 Å². The largest absolute Gasteiger partial charge is 0.508 e. The third-order valence-electron chi connectivity index (χ3n) is 4.26. The predicted octanol–water partition coefficient (Wildman–Crippen LogP) is 3.41. The van der Waals surface area contributed by atoms with Crippen molar-refractivity contribution in [3.63, 3.8) is 0 Å². The molecule has 3 N–H and O–H groups in total. The maximum absolute atomic E-state index is 12.8. The van der Waals surface area contributed by atoms with Gasteiger partial charge in [0.1, 0.15) is 11.3 Å². The van der Waals surface area contributed by atoms with Gasteiger partial charge >= 0.3 is 0 Å². The van der Waals surface area contributed by atoms with Crippen molar-refractivity contribution in [2.75, 3.05) is 0 Å². The van der Waals surface area contributed by atoms with Crippen LogP contribution in [0.25, 0.3) is 6.08 Å². The fourth-order valence-electron chi connectivity index (χ4n) is 2.76. The number of amides is 2. The van der Waals surface area contributed by atoms with E-state index in [1.165, 1.54) is 18.2 Å². The minimum absolute atomic E-state index is 0.0255. The molecule has 0 fully saturated rings. The Labute approximate surface area is 169 Å². The Balaban J connectivity index is 1.76. The van der Waals surface area contributed by atoms with Crippen LogP contribution in [0.1, 0.15) is 16.7 Å². The molecule has 0 aromatic heterocycles. The van der Waals surface area contributed by atoms with Crippen LogP contribution in [0.15, 0.2) is 90.5 Å². The Morgan fingerprint density at radius 3 is 1.72 bits per heavy atom. The summed E-state index contributed by atoms with van der Waals surface area (Å²) in [5.41, 5.74) is 2.40. The third-order valence-corrected chi connectivity index (χ3v) is 4.26. The molecule has 0 aliphatic rings. The summed E-state index contributed by atoms with van der Waals surface area (Å²) in [7, 11) is 0. The van der Waals surface area contributed by atoms with E-state index in [0.29, 0.717) is 18.7 Å². The molecule has 0 aliphatic heterocycles. The Morgan fingerprint density at radius 2 is 1.24 bits per heavy atom. The van der Waals surface area contributed by atoms with Crippen molar-refractivity contribution in [1.82, 2.24) is 10.6 Å². The zero-order valence-corrected chi connectivity index (χ0v) is 15.8. The number of aromatic hydroxyl groups is 1. The Bertz CT molecular complexity index is 941. The zero-order chi connectivity index (χ0) is 20.5. The lowest BCUT2D eigenvalue weighted by atomic mass is 10.1. The summed E-state index contributed by atoms with van der Waals surface area (Å²) in [6.45, 7) is 0.617. The molecule has 0 spiro atoms. The molecule has 146 valence electrons. The fraction of sp³-hybridized carbons (Fsp3) is 0.0833. The van der Waals surface area contributed by atoms with Crippen molar-refractivity contribution in [2.45, 2.75) is 13.1 Å². The van der Waals surface area contributed by atoms with Gasteiger partial charge in [0, 0.05) is 13.1 Å². The van der Waals surface area contributed by atoms with E-state index in [0.717, 1.165) is 11.1 Å². The van der Waals surface area contributed by atoms with Gasteiger partial charge in [0.25, 0.3) is 11.8 Å². The minimum Gasteiger partial charge on any atom is -0.508 e. The van der Waals surface area contributed by atoms with Crippen LogP contribution in [0, 0.1) is 0 Å². The van der Waals surface area contributed by atoms with Crippen LogP contribution >= 0.6 is 0 Å². The average molecular weight is 386 g/mol. The summed E-state index contributed by atoms with van der Waals surface area (Å²) < 4.78 is 0. The first-order chi connectivity index (χ1) is 14.1. The zero-order valence-electron chi connectivity index (χ0n) is 15.8. The Morgan fingerprint density at radius 1 is 0.724 bits per heavy atom. The molecule has 0 aliphatic carbocycles. The Kier molecular flexibility index (Phi) is 6.79. The monoisotopic (exact) mass is 386 g/mol. The molecular weight excluding hydrogens is 364 g/mol. The molecule has 0 unspecified atom stereocenters. The number of hydrogen-bond acceptors (Lipinski definition) is 3. The Hall–Kier alpha value is -3.86. The van der Waals surface area contributed by atoms with Crippen molar-refractivity contribution in [2.24, 2.45) is 0 Å². The summed E-state index contributed by atoms with van der Waals surface area (Å²) in [4.78, 5) is 25.5. The second kappa shape index (κ2) is 9.90. The number of phenolic OH excluding ortho intramolecular Hbond substituents is 1. The van der Waals surface area contributed by atoms with Crippen LogP contribution in [-0.2, 0) is 22.7 Å². The molecule has 0 atom stereocenters. The lowest BCUT2D eigenvalue weighted by Crippen LogP contribution is -2.34. The summed E-state index contributed by atoms with van der Waals surface area (Å²) >= 11 is 0. The van der Waals surface area contributed by atoms with Gasteiger partial charge in [-0.2, -0.15) is 0 Å². The third kappa shape index (κ3) is 6.07. The topological polar surface area (TPSA) is 78.4 Å². The first-order valence-electron chi connectivity index (χ1n) is 9.27. The SMILES string of the molecule is O=C(NCc1ccccc1)C(=Cc1cccc(O)c1)C(=O)NCc1ccccc1. The highest BCUT2D eigenvalue weighted by Gasteiger charge is 2.18. The molecule has 3 aromatic carbocycles. The summed E-state index contributed by atoms with van der Waals surface area (Å²) in [6.07, 6.45) is 1.47. The molecule has 0 saturated carbocycles. The van der Waals surface area contributed by atoms with Gasteiger partial charge in [0.15, 0.2) is 0 Å². The van der Waals surface area contributed by atoms with E-state index >= 15 is 0 Å². The highest BCUT2D eigenvalue weighted by molar-refractivity contribution is 6.21. The average Bonchev–Trinajstić information content (AvgIpc) is 2.75. The maximum Gasteiger partial charge on any atom is 0.257 e. The summed E-state index contributed by atoms with van der Waals surface area (Å²) in [5, 5.41) is 15.2. The number of rotatable bonds is 7. The molecule has 0 radical (unpaired) electrons. The number of nitrogens with one attached hydrogen (secondary N) is 2. The second-order valence-electron chi connectivity index (χ2n) is 6.49. The standard InChI is InChI=1S/C24H22N2O3/c27-21-13-7-12-20(14-21)15-22(23(28)25-16-18-8-3-1-4-9-18)24(29)26-17-19-10-5-2-6-11-19/h1-15,27H,16-17H2,(H,25,28)(H,26,29). The molecule has 5 nitrogen and oxygen atoms in total. The maximum atomic E-state index is 12.8. The van der Waals surface area contributed by atoms with Crippen LogP contribution in [0.2, 0.25) is 0 Å². The minimum atomic E-state index is -0.484. The predicted molar refractivity (Wildman–Crippen MR) is 113 cm³/mol. The van der Waals surface area contributed by atoms with Gasteiger partial charge in [0.2, 0.25) is 0 Å². The van der Waals surface area contributed by atoms with Gasteiger partial charge < -0.3 is 15.7 Å². The summed E-state index contributed by atoms with van der Waals surface area (Å²) in [6, 6.07) is 25.3. The molecule has 0 bridgehead atoms. The van der Waals surface area contributed by atoms with E-state index in [9.17, 15) is 14.7 Å². The number of hydrogen-bond donors (Lipinski definition) is 3. The molecule has 0 saturated heterocycles. The van der Waals surface area contributed by atoms with Crippen LogP contribution in [0.3, 0.4) is 0 Å². The van der Waals surface area contributed by atoms with E-state index in [1.54, 1.807) is 12.1 Å². The van der Waals surface area contributed by atoms with Crippen LogP contribution in [0.4, 0.5) is 0 Å². The van der Waals surface area contributed by atoms with Gasteiger partial charge in [0.05, 0.1) is 0 Å². The number of carbonyl (C=O) groups excluding carboxylic acids is 2. The van der Waals surface area contributed by atoms with E-state index in [-0.39, 0.29) is 11.3 Å². The molecular formula is C24H22N2O3. The summed E-state index contributed by atoms with van der Waals surface area (Å²) in [5.74, 6) is -0.905. The lowest BCUT2D eigenvalue weighted by Gasteiger charge is -2.11. The van der Waals surface area contributed by atoms with Crippen molar-refractivity contribution in [3.8, 4) is 5.75 Å². The van der Waals surface area contributed by atoms with E-state index in [1.807, 2.05) is 60.7 Å². The molecule has 0 heterocycles. The molecule has 29 heavy (non-hydrogen) atoms. The molecule has 5 heteroatoms. The highest BCUT2D eigenvalue weighted by Crippen LogP contribution is 2.15.